The fraction of sp³-hybridized carbons (Fsp3) is 0.959. The Kier molecular flexibility index (Phi) is 43.1. The second kappa shape index (κ2) is 44.0. The second-order valence-electron chi connectivity index (χ2n) is 17.2. The summed E-state index contributed by atoms with van der Waals surface area (Å²) in [5.41, 5.74) is 0. The Morgan fingerprint density at radius 2 is 0.764 bits per heavy atom. The first-order chi connectivity index (χ1) is 27.0. The van der Waals surface area contributed by atoms with Crippen molar-refractivity contribution in [3.8, 4) is 0 Å². The zero-order valence-electron chi connectivity index (χ0n) is 37.3. The Hall–Kier alpha value is -1.14. The standard InChI is InChI=1S/C49H97NO5/c1-4-7-10-13-16-19-21-23-24-25-27-30-33-36-39-42-49(54)55-45(40-37-34-31-28-18-15-12-9-6-3)43-48(53)50-46(44-51)47(52)41-38-35-32-29-26-22-20-17-14-11-8-5-2/h45-47,51-52H,4-44H2,1-3H3,(H,50,53). The third-order valence-electron chi connectivity index (χ3n) is 11.7. The van der Waals surface area contributed by atoms with Crippen LogP contribution < -0.4 is 5.32 Å². The number of hydrogen-bond acceptors (Lipinski definition) is 5. The average molecular weight is 780 g/mol. The van der Waals surface area contributed by atoms with E-state index in [2.05, 4.69) is 26.1 Å². The van der Waals surface area contributed by atoms with E-state index in [-0.39, 0.29) is 24.9 Å². The van der Waals surface area contributed by atoms with Crippen molar-refractivity contribution in [3.63, 3.8) is 0 Å². The molecule has 6 heteroatoms. The second-order valence-corrected chi connectivity index (χ2v) is 17.2. The zero-order chi connectivity index (χ0) is 40.3. The molecule has 3 atom stereocenters. The molecule has 0 heterocycles. The number of esters is 1. The van der Waals surface area contributed by atoms with Crippen LogP contribution in [0.5, 0.6) is 0 Å². The molecule has 0 aromatic heterocycles. The lowest BCUT2D eigenvalue weighted by Gasteiger charge is -2.24. The van der Waals surface area contributed by atoms with E-state index in [1.54, 1.807) is 0 Å². The summed E-state index contributed by atoms with van der Waals surface area (Å²) in [4.78, 5) is 26.0. The van der Waals surface area contributed by atoms with Crippen LogP contribution in [-0.4, -0.2) is 46.9 Å². The van der Waals surface area contributed by atoms with Crippen LogP contribution in [0.2, 0.25) is 0 Å². The fourth-order valence-electron chi connectivity index (χ4n) is 7.90. The van der Waals surface area contributed by atoms with Crippen molar-refractivity contribution in [2.24, 2.45) is 0 Å². The van der Waals surface area contributed by atoms with Crippen molar-refractivity contribution < 1.29 is 24.5 Å². The highest BCUT2D eigenvalue weighted by atomic mass is 16.5. The van der Waals surface area contributed by atoms with Crippen molar-refractivity contribution in [2.75, 3.05) is 6.61 Å². The third-order valence-corrected chi connectivity index (χ3v) is 11.7. The van der Waals surface area contributed by atoms with Crippen LogP contribution in [0.25, 0.3) is 0 Å². The van der Waals surface area contributed by atoms with Crippen molar-refractivity contribution in [1.29, 1.82) is 0 Å². The van der Waals surface area contributed by atoms with Gasteiger partial charge in [0.05, 0.1) is 25.2 Å². The lowest BCUT2D eigenvalue weighted by molar-refractivity contribution is -0.151. The largest absolute Gasteiger partial charge is 0.462 e. The molecule has 0 aliphatic rings. The highest BCUT2D eigenvalue weighted by molar-refractivity contribution is 5.77. The number of ether oxygens (including phenoxy) is 1. The van der Waals surface area contributed by atoms with Gasteiger partial charge in [-0.15, -0.1) is 0 Å². The first kappa shape index (κ1) is 53.9. The molecule has 328 valence electrons. The van der Waals surface area contributed by atoms with Crippen LogP contribution in [0.1, 0.15) is 278 Å². The predicted molar refractivity (Wildman–Crippen MR) is 237 cm³/mol. The van der Waals surface area contributed by atoms with Gasteiger partial charge in [0.2, 0.25) is 5.91 Å². The molecule has 0 saturated heterocycles. The molecule has 0 saturated carbocycles. The quantitative estimate of drug-likeness (QED) is 0.0422. The molecule has 0 aliphatic carbocycles. The highest BCUT2D eigenvalue weighted by Gasteiger charge is 2.24. The van der Waals surface area contributed by atoms with Crippen LogP contribution in [0.3, 0.4) is 0 Å². The Morgan fingerprint density at radius 3 is 1.11 bits per heavy atom. The number of rotatable bonds is 45. The van der Waals surface area contributed by atoms with Crippen LogP contribution in [0, 0.1) is 0 Å². The monoisotopic (exact) mass is 780 g/mol. The zero-order valence-corrected chi connectivity index (χ0v) is 37.3. The van der Waals surface area contributed by atoms with Gasteiger partial charge in [0.1, 0.15) is 6.10 Å². The molecule has 0 bridgehead atoms. The fourth-order valence-corrected chi connectivity index (χ4v) is 7.90. The molecule has 0 aromatic rings. The van der Waals surface area contributed by atoms with E-state index in [0.29, 0.717) is 19.3 Å². The summed E-state index contributed by atoms with van der Waals surface area (Å²) in [6.45, 7) is 6.48. The smallest absolute Gasteiger partial charge is 0.306 e. The molecule has 0 radical (unpaired) electrons. The maximum atomic E-state index is 13.1. The number of carbonyl (C=O) groups excluding carboxylic acids is 2. The Balaban J connectivity index is 4.43. The summed E-state index contributed by atoms with van der Waals surface area (Å²) in [7, 11) is 0. The van der Waals surface area contributed by atoms with Gasteiger partial charge in [-0.2, -0.15) is 0 Å². The minimum Gasteiger partial charge on any atom is -0.462 e. The van der Waals surface area contributed by atoms with E-state index in [9.17, 15) is 19.8 Å². The molecular formula is C49H97NO5. The van der Waals surface area contributed by atoms with Crippen LogP contribution in [0.15, 0.2) is 0 Å². The molecular weight excluding hydrogens is 683 g/mol. The number of carbonyl (C=O) groups is 2. The van der Waals surface area contributed by atoms with E-state index in [0.717, 1.165) is 38.5 Å². The Labute approximate surface area is 343 Å². The molecule has 0 aliphatic heterocycles. The van der Waals surface area contributed by atoms with Gasteiger partial charge in [0.25, 0.3) is 0 Å². The predicted octanol–water partition coefficient (Wildman–Crippen LogP) is 14.4. The summed E-state index contributed by atoms with van der Waals surface area (Å²) < 4.78 is 5.91. The SMILES string of the molecule is CCCCCCCCCCCCCCCCCC(=O)OC(CCCCCCCCCCC)CC(=O)NC(CO)C(O)CCCCCCCCCCCCCC. The van der Waals surface area contributed by atoms with Gasteiger partial charge in [-0.05, 0) is 25.7 Å². The third kappa shape index (κ3) is 39.5. The van der Waals surface area contributed by atoms with Crippen molar-refractivity contribution in [2.45, 2.75) is 296 Å². The van der Waals surface area contributed by atoms with Gasteiger partial charge < -0.3 is 20.3 Å². The molecule has 3 unspecified atom stereocenters. The normalized spacial score (nSPS) is 13.2. The number of nitrogens with one attached hydrogen (secondary N) is 1. The lowest BCUT2D eigenvalue weighted by Crippen LogP contribution is -2.46. The Morgan fingerprint density at radius 1 is 0.455 bits per heavy atom. The average Bonchev–Trinajstić information content (AvgIpc) is 3.18. The highest BCUT2D eigenvalue weighted by Crippen LogP contribution is 2.18. The van der Waals surface area contributed by atoms with E-state index in [1.807, 2.05) is 0 Å². The molecule has 1 amide bonds. The summed E-state index contributed by atoms with van der Waals surface area (Å²) in [5, 5.41) is 23.7. The maximum absolute atomic E-state index is 13.1. The molecule has 0 spiro atoms. The lowest BCUT2D eigenvalue weighted by atomic mass is 10.0. The number of amides is 1. The van der Waals surface area contributed by atoms with E-state index >= 15 is 0 Å². The van der Waals surface area contributed by atoms with Crippen LogP contribution in [-0.2, 0) is 14.3 Å². The first-order valence-electron chi connectivity index (χ1n) is 24.8. The molecule has 0 rings (SSSR count). The van der Waals surface area contributed by atoms with Gasteiger partial charge in [0.15, 0.2) is 0 Å². The van der Waals surface area contributed by atoms with Crippen LogP contribution >= 0.6 is 0 Å². The Bertz CT molecular complexity index is 791. The number of aliphatic hydroxyl groups excluding tert-OH is 2. The first-order valence-corrected chi connectivity index (χ1v) is 24.8. The molecule has 0 fully saturated rings. The number of unbranched alkanes of at least 4 members (excludes halogenated alkanes) is 33. The van der Waals surface area contributed by atoms with Crippen LogP contribution in [0.4, 0.5) is 0 Å². The number of aliphatic hydroxyl groups is 2. The topological polar surface area (TPSA) is 95.9 Å². The van der Waals surface area contributed by atoms with Gasteiger partial charge in [-0.1, -0.05) is 239 Å². The molecule has 6 nitrogen and oxygen atoms in total. The molecule has 0 aromatic carbocycles. The summed E-state index contributed by atoms with van der Waals surface area (Å²) >= 11 is 0. The van der Waals surface area contributed by atoms with E-state index in [1.165, 1.54) is 193 Å². The van der Waals surface area contributed by atoms with Crippen molar-refractivity contribution in [1.82, 2.24) is 5.32 Å². The van der Waals surface area contributed by atoms with Crippen molar-refractivity contribution >= 4 is 11.9 Å². The van der Waals surface area contributed by atoms with Gasteiger partial charge >= 0.3 is 5.97 Å². The summed E-state index contributed by atoms with van der Waals surface area (Å²) in [5.74, 6) is -0.456. The molecule has 55 heavy (non-hydrogen) atoms. The molecule has 3 N–H and O–H groups in total. The summed E-state index contributed by atoms with van der Waals surface area (Å²) in [6.07, 6.45) is 45.9. The number of hydrogen-bond donors (Lipinski definition) is 3. The van der Waals surface area contributed by atoms with E-state index in [4.69, 9.17) is 4.74 Å². The minimum absolute atomic E-state index is 0.0867. The minimum atomic E-state index is -0.777. The van der Waals surface area contributed by atoms with Gasteiger partial charge in [0, 0.05) is 6.42 Å². The van der Waals surface area contributed by atoms with Gasteiger partial charge in [-0.3, -0.25) is 9.59 Å². The van der Waals surface area contributed by atoms with Gasteiger partial charge in [-0.25, -0.2) is 0 Å². The van der Waals surface area contributed by atoms with E-state index < -0.39 is 18.2 Å². The maximum Gasteiger partial charge on any atom is 0.306 e. The summed E-state index contributed by atoms with van der Waals surface area (Å²) in [6, 6.07) is -0.690. The van der Waals surface area contributed by atoms with Crippen molar-refractivity contribution in [3.05, 3.63) is 0 Å².